The molecule has 1 atom stereocenters. The Kier molecular flexibility index (Phi) is 9.38. The van der Waals surface area contributed by atoms with E-state index in [-0.39, 0.29) is 13.2 Å². The maximum Gasteiger partial charge on any atom is 0.328 e. The number of nitrogens with one attached hydrogen (secondary N) is 2. The highest BCUT2D eigenvalue weighted by Crippen LogP contribution is 2.41. The molecule has 0 radical (unpaired) electrons. The molecule has 1 heterocycles. The van der Waals surface area contributed by atoms with E-state index >= 15 is 0 Å². The third-order valence-corrected chi connectivity index (χ3v) is 6.76. The van der Waals surface area contributed by atoms with Crippen LogP contribution in [0, 0.1) is 6.92 Å². The molecule has 4 rings (SSSR count). The summed E-state index contributed by atoms with van der Waals surface area (Å²) in [6.07, 6.45) is 1.32. The Hall–Kier alpha value is -4.67. The van der Waals surface area contributed by atoms with Crippen LogP contribution in [0.1, 0.15) is 22.3 Å². The molecule has 0 fully saturated rings. The second-order valence-electron chi connectivity index (χ2n) is 9.46. The predicted molar refractivity (Wildman–Crippen MR) is 153 cm³/mol. The minimum absolute atomic E-state index is 0.0747. The summed E-state index contributed by atoms with van der Waals surface area (Å²) in [4.78, 5) is 38.8. The number of aliphatic hydroxyl groups is 1. The van der Waals surface area contributed by atoms with Crippen LogP contribution >= 0.6 is 0 Å². The van der Waals surface area contributed by atoms with Crippen molar-refractivity contribution in [3.05, 3.63) is 128 Å². The first kappa shape index (κ1) is 29.3. The number of amides is 1. The third-order valence-electron chi connectivity index (χ3n) is 6.76. The lowest BCUT2D eigenvalue weighted by Crippen LogP contribution is -2.46. The van der Waals surface area contributed by atoms with Crippen molar-refractivity contribution in [3.8, 4) is 11.5 Å². The van der Waals surface area contributed by atoms with Gasteiger partial charge in [0, 0.05) is 11.8 Å². The van der Waals surface area contributed by atoms with Crippen LogP contribution in [0.4, 0.5) is 0 Å². The number of nitrogens with zero attached hydrogens (tertiary/aromatic N) is 1. The van der Waals surface area contributed by atoms with E-state index in [1.54, 1.807) is 21.1 Å². The smallest absolute Gasteiger partial charge is 0.328 e. The Balaban J connectivity index is 1.68. The fourth-order valence-corrected chi connectivity index (χ4v) is 4.60. The zero-order chi connectivity index (χ0) is 29.4. The highest BCUT2D eigenvalue weighted by molar-refractivity contribution is 5.76. The summed E-state index contributed by atoms with van der Waals surface area (Å²) in [5.41, 5.74) is 0.378. The van der Waals surface area contributed by atoms with Crippen LogP contribution in [0.15, 0.2) is 94.6 Å². The summed E-state index contributed by atoms with van der Waals surface area (Å²) in [7, 11) is 3.19. The van der Waals surface area contributed by atoms with Gasteiger partial charge in [0.05, 0.1) is 33.5 Å². The minimum Gasteiger partial charge on any atom is -0.497 e. The molecule has 0 saturated heterocycles. The third kappa shape index (κ3) is 6.56. The Labute approximate surface area is 237 Å². The molecule has 41 heavy (non-hydrogen) atoms. The highest BCUT2D eigenvalue weighted by Gasteiger charge is 2.38. The van der Waals surface area contributed by atoms with Crippen LogP contribution in [0.3, 0.4) is 0 Å². The van der Waals surface area contributed by atoms with Crippen molar-refractivity contribution < 1.29 is 24.1 Å². The fourth-order valence-electron chi connectivity index (χ4n) is 4.60. The number of hydrogen-bond donors (Lipinski definition) is 3. The molecule has 214 valence electrons. The van der Waals surface area contributed by atoms with Gasteiger partial charge in [0.1, 0.15) is 23.6 Å². The standard InChI is InChI=1S/C31H33N3O7/c1-21-17-34(30(38)33-29(21)37)18-28(36)32-25(19-35)20-41-31(22-7-5-4-6-8-22,23-9-13-26(39-2)14-10-23)24-11-15-27(40-3)16-12-24/h4-17,25,35H,18-20H2,1-3H3,(H,32,36)(H,33,37,38)/t25-/m1/s1. The molecule has 0 aliphatic rings. The van der Waals surface area contributed by atoms with Crippen LogP contribution in [0.5, 0.6) is 11.5 Å². The van der Waals surface area contributed by atoms with E-state index in [2.05, 4.69) is 10.3 Å². The van der Waals surface area contributed by atoms with Gasteiger partial charge in [-0.25, -0.2) is 4.79 Å². The maximum atomic E-state index is 12.8. The van der Waals surface area contributed by atoms with Gasteiger partial charge in [-0.15, -0.1) is 0 Å². The summed E-state index contributed by atoms with van der Waals surface area (Å²) in [5.74, 6) is 0.831. The molecular weight excluding hydrogens is 526 g/mol. The summed E-state index contributed by atoms with van der Waals surface area (Å²) < 4.78 is 18.6. The number of H-pyrrole nitrogens is 1. The van der Waals surface area contributed by atoms with E-state index in [0.29, 0.717) is 17.1 Å². The van der Waals surface area contributed by atoms with Gasteiger partial charge in [0.2, 0.25) is 5.91 Å². The van der Waals surface area contributed by atoms with Crippen LogP contribution in [-0.4, -0.2) is 54.0 Å². The van der Waals surface area contributed by atoms with Crippen LogP contribution in [-0.2, 0) is 21.7 Å². The molecule has 3 aromatic carbocycles. The molecule has 1 amide bonds. The Morgan fingerprint density at radius 2 is 1.44 bits per heavy atom. The van der Waals surface area contributed by atoms with E-state index in [4.69, 9.17) is 14.2 Å². The van der Waals surface area contributed by atoms with Gasteiger partial charge in [0.15, 0.2) is 0 Å². The maximum absolute atomic E-state index is 12.8. The van der Waals surface area contributed by atoms with Gasteiger partial charge in [-0.05, 0) is 47.9 Å². The lowest BCUT2D eigenvalue weighted by atomic mass is 9.80. The summed E-state index contributed by atoms with van der Waals surface area (Å²) in [6.45, 7) is 0.711. The van der Waals surface area contributed by atoms with Crippen molar-refractivity contribution in [1.29, 1.82) is 0 Å². The molecule has 0 aliphatic carbocycles. The van der Waals surface area contributed by atoms with Gasteiger partial charge in [-0.2, -0.15) is 0 Å². The summed E-state index contributed by atoms with van der Waals surface area (Å²) >= 11 is 0. The number of carbonyl (C=O) groups is 1. The molecular formula is C31H33N3O7. The van der Waals surface area contributed by atoms with Gasteiger partial charge in [-0.1, -0.05) is 54.6 Å². The number of ether oxygens (including phenoxy) is 3. The highest BCUT2D eigenvalue weighted by atomic mass is 16.5. The second kappa shape index (κ2) is 13.1. The number of aliphatic hydroxyl groups excluding tert-OH is 1. The van der Waals surface area contributed by atoms with E-state index in [0.717, 1.165) is 21.3 Å². The average molecular weight is 560 g/mol. The fraction of sp³-hybridized carbons (Fsp3) is 0.258. The van der Waals surface area contributed by atoms with Crippen molar-refractivity contribution in [3.63, 3.8) is 0 Å². The molecule has 0 saturated carbocycles. The predicted octanol–water partition coefficient (Wildman–Crippen LogP) is 2.35. The number of aromatic amines is 1. The number of aromatic nitrogens is 2. The number of rotatable bonds is 12. The molecule has 4 aromatic rings. The van der Waals surface area contributed by atoms with Gasteiger partial charge < -0.3 is 24.6 Å². The van der Waals surface area contributed by atoms with Crippen molar-refractivity contribution in [2.24, 2.45) is 0 Å². The molecule has 0 spiro atoms. The SMILES string of the molecule is COc1ccc(C(OC[C@@H](CO)NC(=O)Cn2cc(C)c(=O)[nH]c2=O)(c2ccccc2)c2ccc(OC)cc2)cc1. The molecule has 3 N–H and O–H groups in total. The number of methoxy groups -OCH3 is 2. The van der Waals surface area contributed by atoms with E-state index in [1.807, 2.05) is 78.9 Å². The topological polar surface area (TPSA) is 132 Å². The van der Waals surface area contributed by atoms with Crippen LogP contribution in [0.25, 0.3) is 0 Å². The number of benzene rings is 3. The lowest BCUT2D eigenvalue weighted by Gasteiger charge is -2.37. The molecule has 0 aliphatic heterocycles. The van der Waals surface area contributed by atoms with Gasteiger partial charge in [0.25, 0.3) is 5.56 Å². The minimum atomic E-state index is -1.13. The normalized spacial score (nSPS) is 12.0. The number of carbonyl (C=O) groups excluding carboxylic acids is 1. The zero-order valence-corrected chi connectivity index (χ0v) is 23.1. The molecule has 10 nitrogen and oxygen atoms in total. The first-order chi connectivity index (χ1) is 19.8. The van der Waals surface area contributed by atoms with E-state index < -0.39 is 35.4 Å². The van der Waals surface area contributed by atoms with Gasteiger partial charge in [-0.3, -0.25) is 19.1 Å². The Morgan fingerprint density at radius 1 is 0.902 bits per heavy atom. The van der Waals surface area contributed by atoms with Crippen molar-refractivity contribution in [1.82, 2.24) is 14.9 Å². The van der Waals surface area contributed by atoms with Crippen molar-refractivity contribution in [2.75, 3.05) is 27.4 Å². The van der Waals surface area contributed by atoms with E-state index in [9.17, 15) is 19.5 Å². The first-order valence-electron chi connectivity index (χ1n) is 13.0. The quantitative estimate of drug-likeness (QED) is 0.227. The monoisotopic (exact) mass is 559 g/mol. The zero-order valence-electron chi connectivity index (χ0n) is 23.1. The second-order valence-corrected chi connectivity index (χ2v) is 9.46. The van der Waals surface area contributed by atoms with Crippen LogP contribution < -0.4 is 26.0 Å². The molecule has 0 bridgehead atoms. The van der Waals surface area contributed by atoms with Crippen molar-refractivity contribution >= 4 is 5.91 Å². The Bertz CT molecular complexity index is 1520. The van der Waals surface area contributed by atoms with Crippen molar-refractivity contribution in [2.45, 2.75) is 25.1 Å². The number of aryl methyl sites for hydroxylation is 1. The first-order valence-corrected chi connectivity index (χ1v) is 13.0. The average Bonchev–Trinajstić information content (AvgIpc) is 3.00. The summed E-state index contributed by atoms with van der Waals surface area (Å²) in [6, 6.07) is 23.8. The largest absolute Gasteiger partial charge is 0.497 e. The number of hydrogen-bond acceptors (Lipinski definition) is 7. The van der Waals surface area contributed by atoms with E-state index in [1.165, 1.54) is 6.20 Å². The molecule has 10 heteroatoms. The lowest BCUT2D eigenvalue weighted by molar-refractivity contribution is -0.123. The molecule has 0 unspecified atom stereocenters. The van der Waals surface area contributed by atoms with Crippen LogP contribution in [0.2, 0.25) is 0 Å². The Morgan fingerprint density at radius 3 is 1.95 bits per heavy atom. The summed E-state index contributed by atoms with van der Waals surface area (Å²) in [5, 5.41) is 12.9. The molecule has 1 aromatic heterocycles. The van der Waals surface area contributed by atoms with Gasteiger partial charge >= 0.3 is 5.69 Å².